The molecule has 0 heterocycles. The highest BCUT2D eigenvalue weighted by molar-refractivity contribution is 9.15. The second kappa shape index (κ2) is 4.10. The van der Waals surface area contributed by atoms with Crippen molar-refractivity contribution in [3.63, 3.8) is 0 Å². The SMILES string of the molecule is C/C(Br)=C(\Br)CBr. The average Bonchev–Trinajstić information content (AvgIpc) is 1.65. The molecule has 7 heavy (non-hydrogen) atoms. The maximum atomic E-state index is 3.33. The van der Waals surface area contributed by atoms with E-state index in [9.17, 15) is 0 Å². The van der Waals surface area contributed by atoms with Crippen molar-refractivity contribution < 1.29 is 0 Å². The Balaban J connectivity index is 3.72. The second-order valence-electron chi connectivity index (χ2n) is 1.07. The van der Waals surface area contributed by atoms with E-state index in [1.807, 2.05) is 6.92 Å². The van der Waals surface area contributed by atoms with Crippen molar-refractivity contribution in [3.05, 3.63) is 8.96 Å². The van der Waals surface area contributed by atoms with Crippen LogP contribution in [0.3, 0.4) is 0 Å². The standard InChI is InChI=1S/C4H5Br3/c1-3(6)4(7)2-5/h2H2,1H3/b4-3+. The quantitative estimate of drug-likeness (QED) is 0.650. The number of hydrogen-bond donors (Lipinski definition) is 0. The topological polar surface area (TPSA) is 0 Å². The molecule has 0 saturated heterocycles. The van der Waals surface area contributed by atoms with Gasteiger partial charge in [0.2, 0.25) is 0 Å². The first-order valence-electron chi connectivity index (χ1n) is 1.75. The predicted molar refractivity (Wildman–Crippen MR) is 44.3 cm³/mol. The van der Waals surface area contributed by atoms with Gasteiger partial charge in [-0.25, -0.2) is 0 Å². The van der Waals surface area contributed by atoms with Crippen LogP contribution in [0.4, 0.5) is 0 Å². The average molecular weight is 293 g/mol. The highest BCUT2D eigenvalue weighted by Crippen LogP contribution is 2.18. The summed E-state index contributed by atoms with van der Waals surface area (Å²) in [5, 5.41) is 0.879. The van der Waals surface area contributed by atoms with Crippen LogP contribution in [0.5, 0.6) is 0 Å². The van der Waals surface area contributed by atoms with Gasteiger partial charge in [0.1, 0.15) is 0 Å². The van der Waals surface area contributed by atoms with Crippen molar-refractivity contribution in [2.45, 2.75) is 6.92 Å². The molecule has 0 aliphatic heterocycles. The zero-order chi connectivity index (χ0) is 5.86. The van der Waals surface area contributed by atoms with Crippen molar-refractivity contribution in [2.75, 3.05) is 5.33 Å². The number of halogens is 3. The molecule has 0 aliphatic carbocycles. The summed E-state index contributed by atoms with van der Waals surface area (Å²) in [6, 6.07) is 0. The molecule has 0 atom stereocenters. The van der Waals surface area contributed by atoms with Crippen molar-refractivity contribution >= 4 is 47.8 Å². The molecule has 3 heteroatoms. The molecule has 0 amide bonds. The highest BCUT2D eigenvalue weighted by Gasteiger charge is 1.88. The van der Waals surface area contributed by atoms with Gasteiger partial charge in [0.15, 0.2) is 0 Å². The summed E-state index contributed by atoms with van der Waals surface area (Å²) in [5.41, 5.74) is 0. The van der Waals surface area contributed by atoms with E-state index in [1.165, 1.54) is 0 Å². The Bertz CT molecular complexity index is 80.9. The lowest BCUT2D eigenvalue weighted by Gasteiger charge is -1.88. The normalized spacial score (nSPS) is 13.7. The molecule has 0 radical (unpaired) electrons. The Labute approximate surface area is 68.7 Å². The molecule has 0 unspecified atom stereocenters. The first-order valence-corrected chi connectivity index (χ1v) is 4.46. The van der Waals surface area contributed by atoms with Gasteiger partial charge in [-0.2, -0.15) is 0 Å². The first kappa shape index (κ1) is 8.18. The minimum Gasteiger partial charge on any atom is -0.0870 e. The van der Waals surface area contributed by atoms with Crippen molar-refractivity contribution in [1.29, 1.82) is 0 Å². The molecule has 0 aromatic heterocycles. The Morgan fingerprint density at radius 1 is 1.43 bits per heavy atom. The fourth-order valence-electron chi connectivity index (χ4n) is 0.0921. The summed E-state index contributed by atoms with van der Waals surface area (Å²) in [6.45, 7) is 1.99. The minimum atomic E-state index is 0.879. The van der Waals surface area contributed by atoms with E-state index in [4.69, 9.17) is 0 Å². The number of hydrogen-bond acceptors (Lipinski definition) is 0. The lowest BCUT2D eigenvalue weighted by Crippen LogP contribution is -1.69. The van der Waals surface area contributed by atoms with Crippen LogP contribution in [0.15, 0.2) is 8.96 Å². The molecular weight excluding hydrogens is 288 g/mol. The molecule has 0 aromatic carbocycles. The minimum absolute atomic E-state index is 0.879. The van der Waals surface area contributed by atoms with Crippen LogP contribution in [0.25, 0.3) is 0 Å². The summed E-state index contributed by atoms with van der Waals surface area (Å²) in [4.78, 5) is 0. The van der Waals surface area contributed by atoms with Gasteiger partial charge < -0.3 is 0 Å². The van der Waals surface area contributed by atoms with E-state index in [1.54, 1.807) is 0 Å². The van der Waals surface area contributed by atoms with Crippen LogP contribution >= 0.6 is 47.8 Å². The fourth-order valence-corrected chi connectivity index (χ4v) is 1.03. The highest BCUT2D eigenvalue weighted by atomic mass is 79.9. The molecule has 0 aromatic rings. The Kier molecular flexibility index (Phi) is 4.79. The monoisotopic (exact) mass is 290 g/mol. The second-order valence-corrected chi connectivity index (χ2v) is 3.78. The van der Waals surface area contributed by atoms with Crippen molar-refractivity contribution in [1.82, 2.24) is 0 Å². The van der Waals surface area contributed by atoms with Crippen LogP contribution in [-0.2, 0) is 0 Å². The summed E-state index contributed by atoms with van der Waals surface area (Å²) < 4.78 is 2.30. The molecular formula is C4H5Br3. The van der Waals surface area contributed by atoms with Crippen LogP contribution in [-0.4, -0.2) is 5.33 Å². The smallest absolute Gasteiger partial charge is 0.0357 e. The van der Waals surface area contributed by atoms with Crippen molar-refractivity contribution in [2.24, 2.45) is 0 Å². The number of rotatable bonds is 1. The van der Waals surface area contributed by atoms with Gasteiger partial charge in [0.25, 0.3) is 0 Å². The molecule has 0 saturated carbocycles. The Hall–Kier alpha value is 1.18. The first-order chi connectivity index (χ1) is 3.18. The maximum absolute atomic E-state index is 3.33. The molecule has 0 spiro atoms. The third-order valence-electron chi connectivity index (χ3n) is 0.491. The van der Waals surface area contributed by atoms with E-state index in [0.29, 0.717) is 0 Å². The van der Waals surface area contributed by atoms with Crippen LogP contribution < -0.4 is 0 Å². The Morgan fingerprint density at radius 2 is 1.86 bits per heavy atom. The van der Waals surface area contributed by atoms with E-state index in [0.717, 1.165) is 14.3 Å². The van der Waals surface area contributed by atoms with Crippen LogP contribution in [0.1, 0.15) is 6.92 Å². The third-order valence-corrected chi connectivity index (χ3v) is 3.69. The molecule has 0 aliphatic rings. The zero-order valence-corrected chi connectivity index (χ0v) is 8.60. The van der Waals surface area contributed by atoms with Gasteiger partial charge in [-0.3, -0.25) is 0 Å². The lowest BCUT2D eigenvalue weighted by atomic mass is 10.6. The maximum Gasteiger partial charge on any atom is 0.0357 e. The summed E-state index contributed by atoms with van der Waals surface area (Å²) in [7, 11) is 0. The van der Waals surface area contributed by atoms with E-state index in [-0.39, 0.29) is 0 Å². The zero-order valence-electron chi connectivity index (χ0n) is 3.84. The van der Waals surface area contributed by atoms with Crippen LogP contribution in [0, 0.1) is 0 Å². The van der Waals surface area contributed by atoms with Gasteiger partial charge in [0.05, 0.1) is 0 Å². The third kappa shape index (κ3) is 3.74. The number of allylic oxidation sites excluding steroid dienone is 2. The van der Waals surface area contributed by atoms with Gasteiger partial charge in [-0.15, -0.1) is 0 Å². The van der Waals surface area contributed by atoms with E-state index in [2.05, 4.69) is 47.8 Å². The van der Waals surface area contributed by atoms with Gasteiger partial charge in [-0.1, -0.05) is 47.8 Å². The van der Waals surface area contributed by atoms with Crippen LogP contribution in [0.2, 0.25) is 0 Å². The van der Waals surface area contributed by atoms with E-state index >= 15 is 0 Å². The summed E-state index contributed by atoms with van der Waals surface area (Å²) in [5.74, 6) is 0. The fraction of sp³-hybridized carbons (Fsp3) is 0.500. The van der Waals surface area contributed by atoms with Gasteiger partial charge in [0, 0.05) is 14.3 Å². The van der Waals surface area contributed by atoms with Gasteiger partial charge >= 0.3 is 0 Å². The summed E-state index contributed by atoms with van der Waals surface area (Å²) >= 11 is 9.91. The Morgan fingerprint density at radius 3 is 1.86 bits per heavy atom. The van der Waals surface area contributed by atoms with Crippen molar-refractivity contribution in [3.8, 4) is 0 Å². The summed E-state index contributed by atoms with van der Waals surface area (Å²) in [6.07, 6.45) is 0. The molecule has 42 valence electrons. The van der Waals surface area contributed by atoms with Gasteiger partial charge in [-0.05, 0) is 6.92 Å². The van der Waals surface area contributed by atoms with E-state index < -0.39 is 0 Å². The lowest BCUT2D eigenvalue weighted by molar-refractivity contribution is 1.61. The molecule has 0 rings (SSSR count). The largest absolute Gasteiger partial charge is 0.0870 e. The predicted octanol–water partition coefficient (Wildman–Crippen LogP) is 3.40. The number of alkyl halides is 1. The molecule has 0 bridgehead atoms. The molecule has 0 N–H and O–H groups in total. The molecule has 0 nitrogen and oxygen atoms in total. The molecule has 0 fully saturated rings.